The minimum absolute atomic E-state index is 0.371. The molecule has 2 fully saturated rings. The minimum atomic E-state index is 0.371. The third-order valence-corrected chi connectivity index (χ3v) is 4.60. The molecule has 2 N–H and O–H groups in total. The lowest BCUT2D eigenvalue weighted by Gasteiger charge is -2.39. The average molecular weight is 299 g/mol. The van der Waals surface area contributed by atoms with Crippen LogP contribution in [0.1, 0.15) is 33.1 Å². The number of ether oxygens (including phenoxy) is 2. The predicted molar refractivity (Wildman–Crippen MR) is 85.5 cm³/mol. The molecule has 0 aromatic rings. The van der Waals surface area contributed by atoms with Crippen molar-refractivity contribution in [1.29, 1.82) is 0 Å². The first-order chi connectivity index (χ1) is 10.2. The molecule has 1 unspecified atom stereocenters. The predicted octanol–water partition coefficient (Wildman–Crippen LogP) is 0.925. The summed E-state index contributed by atoms with van der Waals surface area (Å²) < 4.78 is 11.8. The fourth-order valence-electron chi connectivity index (χ4n) is 3.20. The molecule has 0 aliphatic carbocycles. The third-order valence-electron chi connectivity index (χ3n) is 4.60. The van der Waals surface area contributed by atoms with E-state index in [0.29, 0.717) is 18.2 Å². The summed E-state index contributed by atoms with van der Waals surface area (Å²) in [5.74, 6) is 0. The van der Waals surface area contributed by atoms with Gasteiger partial charge in [-0.2, -0.15) is 0 Å². The number of hydrogen-bond donors (Lipinski definition) is 1. The quantitative estimate of drug-likeness (QED) is 0.709. The van der Waals surface area contributed by atoms with Crippen molar-refractivity contribution >= 4 is 0 Å². The highest BCUT2D eigenvalue weighted by Gasteiger charge is 2.26. The molecule has 0 spiro atoms. The highest BCUT2D eigenvalue weighted by molar-refractivity contribution is 4.80. The second kappa shape index (κ2) is 9.06. The molecule has 2 heterocycles. The van der Waals surface area contributed by atoms with Gasteiger partial charge in [0.1, 0.15) is 0 Å². The standard InChI is InChI=1S/C16H33N3O2/c1-14(2)19-9-11-21-16(13-19)12-18-7-4-15(5-8-18)20-10-3-6-17/h14-16H,3-13,17H2,1-2H3. The Hall–Kier alpha value is -0.200. The van der Waals surface area contributed by atoms with Crippen molar-refractivity contribution in [1.82, 2.24) is 9.80 Å². The summed E-state index contributed by atoms with van der Waals surface area (Å²) in [6.45, 7) is 12.4. The largest absolute Gasteiger partial charge is 0.378 e. The Balaban J connectivity index is 1.64. The van der Waals surface area contributed by atoms with Gasteiger partial charge in [0.25, 0.3) is 0 Å². The zero-order valence-electron chi connectivity index (χ0n) is 13.8. The molecule has 0 amide bonds. The highest BCUT2D eigenvalue weighted by atomic mass is 16.5. The second-order valence-corrected chi connectivity index (χ2v) is 6.59. The third kappa shape index (κ3) is 5.83. The molecule has 0 aromatic carbocycles. The molecule has 2 aliphatic heterocycles. The van der Waals surface area contributed by atoms with Crippen LogP contribution in [-0.4, -0.2) is 80.5 Å². The van der Waals surface area contributed by atoms with Crippen LogP contribution in [0.2, 0.25) is 0 Å². The SMILES string of the molecule is CC(C)N1CCOC(CN2CCC(OCCCN)CC2)C1. The van der Waals surface area contributed by atoms with Crippen molar-refractivity contribution in [2.75, 3.05) is 52.5 Å². The van der Waals surface area contributed by atoms with E-state index < -0.39 is 0 Å². The molecule has 0 radical (unpaired) electrons. The number of hydrogen-bond acceptors (Lipinski definition) is 5. The van der Waals surface area contributed by atoms with E-state index in [2.05, 4.69) is 23.6 Å². The van der Waals surface area contributed by atoms with Crippen LogP contribution in [0.15, 0.2) is 0 Å². The van der Waals surface area contributed by atoms with Crippen LogP contribution in [0.4, 0.5) is 0 Å². The van der Waals surface area contributed by atoms with Gasteiger partial charge in [-0.05, 0) is 39.7 Å². The maximum absolute atomic E-state index is 5.94. The molecule has 2 saturated heterocycles. The first kappa shape index (κ1) is 17.2. The van der Waals surface area contributed by atoms with Crippen molar-refractivity contribution in [3.05, 3.63) is 0 Å². The van der Waals surface area contributed by atoms with Crippen LogP contribution in [0.25, 0.3) is 0 Å². The van der Waals surface area contributed by atoms with Crippen LogP contribution in [0, 0.1) is 0 Å². The van der Waals surface area contributed by atoms with Crippen molar-refractivity contribution < 1.29 is 9.47 Å². The van der Waals surface area contributed by atoms with Crippen LogP contribution < -0.4 is 5.73 Å². The zero-order chi connectivity index (χ0) is 15.1. The van der Waals surface area contributed by atoms with Gasteiger partial charge in [0, 0.05) is 45.4 Å². The maximum atomic E-state index is 5.94. The van der Waals surface area contributed by atoms with Crippen molar-refractivity contribution in [3.8, 4) is 0 Å². The van der Waals surface area contributed by atoms with Crippen molar-refractivity contribution in [3.63, 3.8) is 0 Å². The first-order valence-corrected chi connectivity index (χ1v) is 8.58. The van der Waals surface area contributed by atoms with E-state index in [1.807, 2.05) is 0 Å². The molecule has 0 saturated carbocycles. The van der Waals surface area contributed by atoms with Crippen LogP contribution in [-0.2, 0) is 9.47 Å². The van der Waals surface area contributed by atoms with Gasteiger partial charge in [-0.15, -0.1) is 0 Å². The van der Waals surface area contributed by atoms with E-state index in [4.69, 9.17) is 15.2 Å². The lowest BCUT2D eigenvalue weighted by atomic mass is 10.1. The summed E-state index contributed by atoms with van der Waals surface area (Å²) in [6.07, 6.45) is 4.07. The van der Waals surface area contributed by atoms with Gasteiger partial charge in [0.15, 0.2) is 0 Å². The van der Waals surface area contributed by atoms with Gasteiger partial charge < -0.3 is 20.1 Å². The summed E-state index contributed by atoms with van der Waals surface area (Å²) in [7, 11) is 0. The van der Waals surface area contributed by atoms with Gasteiger partial charge >= 0.3 is 0 Å². The monoisotopic (exact) mass is 299 g/mol. The molecule has 0 aromatic heterocycles. The maximum Gasteiger partial charge on any atom is 0.0829 e. The fraction of sp³-hybridized carbons (Fsp3) is 1.00. The van der Waals surface area contributed by atoms with E-state index in [-0.39, 0.29) is 0 Å². The van der Waals surface area contributed by atoms with Crippen LogP contribution in [0.3, 0.4) is 0 Å². The first-order valence-electron chi connectivity index (χ1n) is 8.58. The molecule has 0 bridgehead atoms. The summed E-state index contributed by atoms with van der Waals surface area (Å²) in [5.41, 5.74) is 5.50. The van der Waals surface area contributed by atoms with E-state index >= 15 is 0 Å². The lowest BCUT2D eigenvalue weighted by Crippen LogP contribution is -2.51. The average Bonchev–Trinajstić information content (AvgIpc) is 2.49. The number of likely N-dealkylation sites (tertiary alicyclic amines) is 1. The Morgan fingerprint density at radius 1 is 1.24 bits per heavy atom. The Kier molecular flexibility index (Phi) is 7.40. The molecular weight excluding hydrogens is 266 g/mol. The molecule has 5 nitrogen and oxygen atoms in total. The Morgan fingerprint density at radius 2 is 2.00 bits per heavy atom. The van der Waals surface area contributed by atoms with Crippen LogP contribution in [0.5, 0.6) is 0 Å². The summed E-state index contributed by atoms with van der Waals surface area (Å²) in [4.78, 5) is 5.06. The van der Waals surface area contributed by atoms with Crippen molar-refractivity contribution in [2.45, 2.75) is 51.4 Å². The minimum Gasteiger partial charge on any atom is -0.378 e. The van der Waals surface area contributed by atoms with E-state index in [1.165, 1.54) is 0 Å². The normalized spacial score (nSPS) is 26.6. The van der Waals surface area contributed by atoms with E-state index in [9.17, 15) is 0 Å². The number of nitrogens with two attached hydrogens (primary N) is 1. The summed E-state index contributed by atoms with van der Waals surface area (Å²) >= 11 is 0. The Morgan fingerprint density at radius 3 is 2.67 bits per heavy atom. The molecule has 5 heteroatoms. The van der Waals surface area contributed by atoms with Gasteiger partial charge in [0.05, 0.1) is 18.8 Å². The number of morpholine rings is 1. The van der Waals surface area contributed by atoms with Crippen LogP contribution >= 0.6 is 0 Å². The van der Waals surface area contributed by atoms with E-state index in [0.717, 1.165) is 71.7 Å². The second-order valence-electron chi connectivity index (χ2n) is 6.59. The number of piperidine rings is 1. The van der Waals surface area contributed by atoms with Crippen molar-refractivity contribution in [2.24, 2.45) is 5.73 Å². The van der Waals surface area contributed by atoms with Gasteiger partial charge in [-0.25, -0.2) is 0 Å². The van der Waals surface area contributed by atoms with Gasteiger partial charge in [-0.1, -0.05) is 0 Å². The molecule has 2 aliphatic rings. The highest BCUT2D eigenvalue weighted by Crippen LogP contribution is 2.16. The molecule has 21 heavy (non-hydrogen) atoms. The molecule has 124 valence electrons. The fourth-order valence-corrected chi connectivity index (χ4v) is 3.20. The van der Waals surface area contributed by atoms with Gasteiger partial charge in [0.2, 0.25) is 0 Å². The van der Waals surface area contributed by atoms with E-state index in [1.54, 1.807) is 0 Å². The smallest absolute Gasteiger partial charge is 0.0829 e. The number of rotatable bonds is 7. The molecule has 1 atom stereocenters. The Labute approximate surface area is 129 Å². The Bertz CT molecular complexity index is 281. The zero-order valence-corrected chi connectivity index (χ0v) is 13.8. The summed E-state index contributed by atoms with van der Waals surface area (Å²) in [6, 6.07) is 0.623. The lowest BCUT2D eigenvalue weighted by molar-refractivity contribution is -0.0617. The molecule has 2 rings (SSSR count). The van der Waals surface area contributed by atoms with Gasteiger partial charge in [-0.3, -0.25) is 4.90 Å². The summed E-state index contributed by atoms with van der Waals surface area (Å²) in [5, 5.41) is 0. The topological polar surface area (TPSA) is 51.0 Å². The molecular formula is C16H33N3O2. The number of nitrogens with zero attached hydrogens (tertiary/aromatic N) is 2.